The lowest BCUT2D eigenvalue weighted by molar-refractivity contribution is 0.00578. The monoisotopic (exact) mass is 424 g/mol. The first-order valence-corrected chi connectivity index (χ1v) is 10.2. The Bertz CT molecular complexity index is 781. The summed E-state index contributed by atoms with van der Waals surface area (Å²) >= 11 is 1.28. The van der Waals surface area contributed by atoms with Gasteiger partial charge in [0.2, 0.25) is 0 Å². The number of nitrogens with one attached hydrogen (secondary N) is 1. The number of carbonyl (C=O) groups is 2. The standard InChI is InChI=1S/C19H29BN2O6S/c1-17(2,3)26-16(24)21-10-12(20-27-18(4,5)19(6,7)28-20)9-14-22-13(11-29-14)15(23)25-8/h9,11H,10H2,1-8H3,(H,21,24). The van der Waals surface area contributed by atoms with Gasteiger partial charge in [0.25, 0.3) is 0 Å². The maximum absolute atomic E-state index is 12.1. The Kier molecular flexibility index (Phi) is 6.81. The Labute approximate surface area is 176 Å². The summed E-state index contributed by atoms with van der Waals surface area (Å²) in [6.45, 7) is 13.3. The van der Waals surface area contributed by atoms with Gasteiger partial charge in [0.1, 0.15) is 10.6 Å². The first-order valence-electron chi connectivity index (χ1n) is 9.31. The molecule has 0 aromatic carbocycles. The van der Waals surface area contributed by atoms with E-state index in [2.05, 4.69) is 10.3 Å². The predicted molar refractivity (Wildman–Crippen MR) is 112 cm³/mol. The number of carbonyl (C=O) groups excluding carboxylic acids is 2. The predicted octanol–water partition coefficient (Wildman–Crippen LogP) is 3.47. The second kappa shape index (κ2) is 8.45. The number of amides is 1. The summed E-state index contributed by atoms with van der Waals surface area (Å²) in [7, 11) is 0.623. The molecule has 1 saturated heterocycles. The quantitative estimate of drug-likeness (QED) is 0.571. The Morgan fingerprint density at radius 3 is 2.34 bits per heavy atom. The van der Waals surface area contributed by atoms with Crippen molar-refractivity contribution in [3.8, 4) is 0 Å². The molecular weight excluding hydrogens is 395 g/mol. The smallest absolute Gasteiger partial charge is 0.464 e. The lowest BCUT2D eigenvalue weighted by Gasteiger charge is -2.32. The molecule has 2 heterocycles. The maximum atomic E-state index is 12.1. The van der Waals surface area contributed by atoms with Crippen LogP contribution < -0.4 is 5.32 Å². The van der Waals surface area contributed by atoms with Gasteiger partial charge in [-0.05, 0) is 60.0 Å². The highest BCUT2D eigenvalue weighted by atomic mass is 32.1. The van der Waals surface area contributed by atoms with Gasteiger partial charge >= 0.3 is 19.2 Å². The summed E-state index contributed by atoms with van der Waals surface area (Å²) in [4.78, 5) is 28.0. The second-order valence-electron chi connectivity index (χ2n) is 8.73. The Morgan fingerprint density at radius 1 is 1.24 bits per heavy atom. The average Bonchev–Trinajstić information content (AvgIpc) is 3.11. The summed E-state index contributed by atoms with van der Waals surface area (Å²) in [6.07, 6.45) is 1.20. The normalized spacial score (nSPS) is 18.5. The molecule has 8 nitrogen and oxygen atoms in total. The summed E-state index contributed by atoms with van der Waals surface area (Å²) < 4.78 is 22.2. The van der Waals surface area contributed by atoms with Crippen molar-refractivity contribution < 1.29 is 28.4 Å². The van der Waals surface area contributed by atoms with Crippen LogP contribution in [-0.4, -0.2) is 54.6 Å². The molecular formula is C19H29BN2O6S. The van der Waals surface area contributed by atoms with Crippen molar-refractivity contribution in [1.82, 2.24) is 10.3 Å². The van der Waals surface area contributed by atoms with E-state index >= 15 is 0 Å². The maximum Gasteiger partial charge on any atom is 0.492 e. The minimum absolute atomic E-state index is 0.138. The van der Waals surface area contributed by atoms with Crippen LogP contribution in [0.25, 0.3) is 6.08 Å². The van der Waals surface area contributed by atoms with Crippen molar-refractivity contribution in [2.45, 2.75) is 65.3 Å². The van der Waals surface area contributed by atoms with Crippen molar-refractivity contribution in [2.75, 3.05) is 13.7 Å². The highest BCUT2D eigenvalue weighted by Gasteiger charge is 2.52. The van der Waals surface area contributed by atoms with Gasteiger partial charge in [0, 0.05) is 11.9 Å². The summed E-state index contributed by atoms with van der Waals surface area (Å²) in [6, 6.07) is 0. The second-order valence-corrected chi connectivity index (χ2v) is 9.62. The van der Waals surface area contributed by atoms with E-state index in [4.69, 9.17) is 18.8 Å². The Morgan fingerprint density at radius 2 is 1.83 bits per heavy atom. The van der Waals surface area contributed by atoms with E-state index < -0.39 is 36.0 Å². The zero-order valence-corrected chi connectivity index (χ0v) is 19.1. The molecule has 0 unspecified atom stereocenters. The molecule has 1 aromatic heterocycles. The number of alkyl carbamates (subject to hydrolysis) is 1. The molecule has 10 heteroatoms. The molecule has 1 aliphatic rings. The minimum Gasteiger partial charge on any atom is -0.464 e. The third kappa shape index (κ3) is 6.04. The van der Waals surface area contributed by atoms with Crippen LogP contribution in [0.2, 0.25) is 0 Å². The highest BCUT2D eigenvalue weighted by molar-refractivity contribution is 7.10. The van der Waals surface area contributed by atoms with Gasteiger partial charge in [-0.2, -0.15) is 0 Å². The van der Waals surface area contributed by atoms with Crippen molar-refractivity contribution in [3.63, 3.8) is 0 Å². The zero-order valence-electron chi connectivity index (χ0n) is 18.2. The van der Waals surface area contributed by atoms with Crippen LogP contribution in [0.5, 0.6) is 0 Å². The molecule has 29 heavy (non-hydrogen) atoms. The van der Waals surface area contributed by atoms with E-state index in [1.54, 1.807) is 32.2 Å². The molecule has 2 rings (SSSR count). The van der Waals surface area contributed by atoms with Gasteiger partial charge in [-0.1, -0.05) is 0 Å². The van der Waals surface area contributed by atoms with Crippen LogP contribution in [0.4, 0.5) is 4.79 Å². The van der Waals surface area contributed by atoms with Gasteiger partial charge in [-0.25, -0.2) is 14.6 Å². The number of hydrogen-bond donors (Lipinski definition) is 1. The first-order chi connectivity index (χ1) is 13.2. The van der Waals surface area contributed by atoms with Gasteiger partial charge in [-0.3, -0.25) is 0 Å². The topological polar surface area (TPSA) is 96.0 Å². The van der Waals surface area contributed by atoms with E-state index in [1.807, 2.05) is 27.7 Å². The van der Waals surface area contributed by atoms with E-state index in [0.29, 0.717) is 10.5 Å². The number of esters is 1. The molecule has 1 N–H and O–H groups in total. The van der Waals surface area contributed by atoms with Gasteiger partial charge in [-0.15, -0.1) is 11.3 Å². The number of ether oxygens (including phenoxy) is 2. The number of nitrogens with zero attached hydrogens (tertiary/aromatic N) is 1. The summed E-state index contributed by atoms with van der Waals surface area (Å²) in [5, 5.41) is 4.91. The number of rotatable bonds is 5. The third-order valence-corrected chi connectivity index (χ3v) is 5.41. The molecule has 1 amide bonds. The van der Waals surface area contributed by atoms with Crippen LogP contribution in [0.3, 0.4) is 0 Å². The van der Waals surface area contributed by atoms with Gasteiger partial charge < -0.3 is 24.1 Å². The lowest BCUT2D eigenvalue weighted by Crippen LogP contribution is -2.41. The molecule has 0 spiro atoms. The fourth-order valence-electron chi connectivity index (χ4n) is 2.40. The fourth-order valence-corrected chi connectivity index (χ4v) is 3.15. The van der Waals surface area contributed by atoms with E-state index in [0.717, 1.165) is 0 Å². The molecule has 1 aliphatic heterocycles. The molecule has 1 fully saturated rings. The SMILES string of the molecule is COC(=O)c1csc(C=C(CNC(=O)OC(C)(C)C)B2OC(C)(C)C(C)(C)O2)n1. The van der Waals surface area contributed by atoms with Crippen molar-refractivity contribution >= 4 is 36.6 Å². The van der Waals surface area contributed by atoms with Crippen molar-refractivity contribution in [2.24, 2.45) is 0 Å². The fraction of sp³-hybridized carbons (Fsp3) is 0.632. The van der Waals surface area contributed by atoms with E-state index in [-0.39, 0.29) is 12.2 Å². The Balaban J connectivity index is 2.25. The molecule has 160 valence electrons. The first kappa shape index (κ1) is 23.4. The zero-order chi connectivity index (χ0) is 22.0. The molecule has 0 radical (unpaired) electrons. The molecule has 0 saturated carbocycles. The lowest BCUT2D eigenvalue weighted by atomic mass is 9.77. The van der Waals surface area contributed by atoms with Crippen LogP contribution in [0.1, 0.15) is 64.0 Å². The van der Waals surface area contributed by atoms with E-state index in [9.17, 15) is 9.59 Å². The van der Waals surface area contributed by atoms with Crippen LogP contribution in [0.15, 0.2) is 10.9 Å². The van der Waals surface area contributed by atoms with Crippen LogP contribution in [0, 0.1) is 0 Å². The number of hydrogen-bond acceptors (Lipinski definition) is 8. The number of aromatic nitrogens is 1. The average molecular weight is 424 g/mol. The number of thiazole rings is 1. The van der Waals surface area contributed by atoms with E-state index in [1.165, 1.54) is 18.4 Å². The largest absolute Gasteiger partial charge is 0.492 e. The van der Waals surface area contributed by atoms with Crippen LogP contribution in [-0.2, 0) is 18.8 Å². The molecule has 0 aliphatic carbocycles. The van der Waals surface area contributed by atoms with Crippen LogP contribution >= 0.6 is 11.3 Å². The Hall–Kier alpha value is -1.91. The van der Waals surface area contributed by atoms with Gasteiger partial charge in [0.15, 0.2) is 5.69 Å². The summed E-state index contributed by atoms with van der Waals surface area (Å²) in [5.41, 5.74) is -0.813. The molecule has 0 bridgehead atoms. The molecule has 0 atom stereocenters. The van der Waals surface area contributed by atoms with Crippen molar-refractivity contribution in [1.29, 1.82) is 0 Å². The third-order valence-electron chi connectivity index (χ3n) is 4.62. The number of methoxy groups -OCH3 is 1. The van der Waals surface area contributed by atoms with Gasteiger partial charge in [0.05, 0.1) is 18.3 Å². The molecule has 1 aromatic rings. The minimum atomic E-state index is -0.680. The summed E-state index contributed by atoms with van der Waals surface area (Å²) in [5.74, 6) is -0.509. The highest BCUT2D eigenvalue weighted by Crippen LogP contribution is 2.38. The van der Waals surface area contributed by atoms with Crippen molar-refractivity contribution in [3.05, 3.63) is 21.6 Å².